The molecule has 3 heterocycles. The monoisotopic (exact) mass is 366 g/mol. The highest BCUT2D eigenvalue weighted by Gasteiger charge is 2.21. The molecule has 0 atom stereocenters. The molecule has 2 aromatic heterocycles. The molecular formula is C20H26N6O. The van der Waals surface area contributed by atoms with Crippen LogP contribution in [0, 0.1) is 0 Å². The number of fused-ring (bicyclic) bond motifs is 1. The van der Waals surface area contributed by atoms with Crippen LogP contribution in [-0.2, 0) is 0 Å². The maximum atomic E-state index is 9.12. The van der Waals surface area contributed by atoms with E-state index in [-0.39, 0.29) is 6.61 Å². The Hall–Kier alpha value is -2.64. The molecule has 0 amide bonds. The summed E-state index contributed by atoms with van der Waals surface area (Å²) in [5.41, 5.74) is 4.20. The van der Waals surface area contributed by atoms with Crippen LogP contribution in [0.25, 0.3) is 16.9 Å². The fourth-order valence-corrected chi connectivity index (χ4v) is 3.61. The first-order valence-electron chi connectivity index (χ1n) is 9.35. The van der Waals surface area contributed by atoms with Gasteiger partial charge in [0.1, 0.15) is 0 Å². The smallest absolute Gasteiger partial charge is 0.180 e. The number of hydrogen-bond donors (Lipinski definition) is 1. The van der Waals surface area contributed by atoms with E-state index in [2.05, 4.69) is 48.3 Å². The molecular weight excluding hydrogens is 340 g/mol. The lowest BCUT2D eigenvalue weighted by atomic mass is 10.1. The molecule has 0 aliphatic carbocycles. The third kappa shape index (κ3) is 3.48. The average Bonchev–Trinajstić information content (AvgIpc) is 3.18. The Morgan fingerprint density at radius 3 is 2.67 bits per heavy atom. The summed E-state index contributed by atoms with van der Waals surface area (Å²) < 4.78 is 2.12. The summed E-state index contributed by atoms with van der Waals surface area (Å²) in [6, 6.07) is 8.45. The van der Waals surface area contributed by atoms with E-state index in [0.717, 1.165) is 61.1 Å². The van der Waals surface area contributed by atoms with Crippen molar-refractivity contribution in [1.82, 2.24) is 19.3 Å². The van der Waals surface area contributed by atoms with Crippen molar-refractivity contribution < 1.29 is 5.11 Å². The van der Waals surface area contributed by atoms with E-state index < -0.39 is 0 Å². The van der Waals surface area contributed by atoms with E-state index in [1.54, 1.807) is 0 Å². The second-order valence-corrected chi connectivity index (χ2v) is 7.08. The van der Waals surface area contributed by atoms with Crippen LogP contribution in [0.5, 0.6) is 0 Å². The normalized spacial score (nSPS) is 15.4. The molecule has 1 aliphatic rings. The molecule has 1 aromatic carbocycles. The molecule has 27 heavy (non-hydrogen) atoms. The van der Waals surface area contributed by atoms with Gasteiger partial charge in [0.25, 0.3) is 0 Å². The van der Waals surface area contributed by atoms with Crippen LogP contribution < -0.4 is 9.80 Å². The van der Waals surface area contributed by atoms with Crippen molar-refractivity contribution in [2.24, 2.45) is 0 Å². The minimum absolute atomic E-state index is 0.212. The van der Waals surface area contributed by atoms with E-state index in [0.29, 0.717) is 0 Å². The third-order valence-corrected chi connectivity index (χ3v) is 5.16. The first-order valence-corrected chi connectivity index (χ1v) is 9.35. The van der Waals surface area contributed by atoms with E-state index in [1.165, 1.54) is 0 Å². The molecule has 3 aromatic rings. The van der Waals surface area contributed by atoms with Crippen molar-refractivity contribution in [3.63, 3.8) is 0 Å². The first-order chi connectivity index (χ1) is 13.2. The van der Waals surface area contributed by atoms with Crippen LogP contribution in [0.15, 0.2) is 42.9 Å². The minimum Gasteiger partial charge on any atom is -0.395 e. The van der Waals surface area contributed by atoms with E-state index in [4.69, 9.17) is 10.1 Å². The summed E-state index contributed by atoms with van der Waals surface area (Å²) in [5.74, 6) is 0.927. The topological polar surface area (TPSA) is 60.1 Å². The zero-order valence-corrected chi connectivity index (χ0v) is 15.9. The van der Waals surface area contributed by atoms with E-state index in [1.807, 2.05) is 32.7 Å². The number of rotatable bonds is 5. The second kappa shape index (κ2) is 7.54. The minimum atomic E-state index is 0.212. The molecule has 1 saturated heterocycles. The van der Waals surface area contributed by atoms with Gasteiger partial charge in [-0.15, -0.1) is 0 Å². The molecule has 142 valence electrons. The van der Waals surface area contributed by atoms with Crippen LogP contribution in [-0.4, -0.2) is 77.8 Å². The average molecular weight is 366 g/mol. The molecule has 7 heteroatoms. The number of hydrogen-bond acceptors (Lipinski definition) is 6. The number of aromatic nitrogens is 3. The van der Waals surface area contributed by atoms with Crippen molar-refractivity contribution in [2.75, 3.05) is 63.2 Å². The van der Waals surface area contributed by atoms with Crippen LogP contribution in [0.1, 0.15) is 0 Å². The van der Waals surface area contributed by atoms with Crippen molar-refractivity contribution in [3.8, 4) is 11.3 Å². The Bertz CT molecular complexity index is 914. The Labute approximate surface area is 159 Å². The van der Waals surface area contributed by atoms with Gasteiger partial charge in [-0.05, 0) is 12.1 Å². The van der Waals surface area contributed by atoms with Crippen molar-refractivity contribution >= 4 is 17.2 Å². The molecule has 0 radical (unpaired) electrons. The molecule has 1 fully saturated rings. The van der Waals surface area contributed by atoms with Gasteiger partial charge in [0.15, 0.2) is 11.5 Å². The highest BCUT2D eigenvalue weighted by molar-refractivity contribution is 5.73. The zero-order chi connectivity index (χ0) is 18.8. The van der Waals surface area contributed by atoms with Gasteiger partial charge in [-0.1, -0.05) is 12.1 Å². The molecule has 0 saturated carbocycles. The van der Waals surface area contributed by atoms with Gasteiger partial charge in [0, 0.05) is 70.5 Å². The van der Waals surface area contributed by atoms with Crippen molar-refractivity contribution in [1.29, 1.82) is 0 Å². The quantitative estimate of drug-likeness (QED) is 0.740. The van der Waals surface area contributed by atoms with Crippen LogP contribution in [0.4, 0.5) is 11.5 Å². The maximum absolute atomic E-state index is 9.12. The van der Waals surface area contributed by atoms with Gasteiger partial charge in [0.05, 0.1) is 18.5 Å². The second-order valence-electron chi connectivity index (χ2n) is 7.08. The van der Waals surface area contributed by atoms with Gasteiger partial charge in [-0.2, -0.15) is 0 Å². The number of nitrogens with zero attached hydrogens (tertiary/aromatic N) is 6. The summed E-state index contributed by atoms with van der Waals surface area (Å²) in [6.07, 6.45) is 5.78. The van der Waals surface area contributed by atoms with Crippen LogP contribution in [0.2, 0.25) is 0 Å². The number of aliphatic hydroxyl groups excluding tert-OH is 1. The lowest BCUT2D eigenvalue weighted by Gasteiger charge is -2.35. The number of β-amino-alcohol motifs (C(OH)–C–C–N with tert-alkyl or cyclic N) is 1. The number of imidazole rings is 1. The maximum Gasteiger partial charge on any atom is 0.180 e. The van der Waals surface area contributed by atoms with Crippen LogP contribution >= 0.6 is 0 Å². The molecule has 1 aliphatic heterocycles. The molecule has 0 unspecified atom stereocenters. The third-order valence-electron chi connectivity index (χ3n) is 5.16. The predicted octanol–water partition coefficient (Wildman–Crippen LogP) is 1.58. The van der Waals surface area contributed by atoms with Gasteiger partial charge in [0.2, 0.25) is 0 Å². The number of aliphatic hydroxyl groups is 1. The fourth-order valence-electron chi connectivity index (χ4n) is 3.61. The molecule has 1 N–H and O–H groups in total. The highest BCUT2D eigenvalue weighted by Crippen LogP contribution is 2.28. The Morgan fingerprint density at radius 2 is 1.93 bits per heavy atom. The number of benzene rings is 1. The standard InChI is InChI=1S/C20H26N6O/c1-23(2)17-5-3-4-16(14-17)18-15-22-19(20-21-6-7-26(18)20)25-10-8-24(9-11-25)12-13-27/h3-7,14-15,27H,8-13H2,1-2H3. The molecule has 0 bridgehead atoms. The molecule has 4 rings (SSSR count). The van der Waals surface area contributed by atoms with Gasteiger partial charge in [-0.3, -0.25) is 9.30 Å². The molecule has 0 spiro atoms. The molecule has 7 nitrogen and oxygen atoms in total. The Kier molecular flexibility index (Phi) is 4.96. The summed E-state index contributed by atoms with van der Waals surface area (Å²) in [5, 5.41) is 9.12. The number of anilines is 2. The largest absolute Gasteiger partial charge is 0.395 e. The zero-order valence-electron chi connectivity index (χ0n) is 15.9. The summed E-state index contributed by atoms with van der Waals surface area (Å²) >= 11 is 0. The predicted molar refractivity (Wildman–Crippen MR) is 108 cm³/mol. The SMILES string of the molecule is CN(C)c1cccc(-c2cnc(N3CCN(CCO)CC3)c3nccn23)c1. The Balaban J connectivity index is 1.66. The lowest BCUT2D eigenvalue weighted by Crippen LogP contribution is -2.47. The van der Waals surface area contributed by atoms with Gasteiger partial charge < -0.3 is 14.9 Å². The van der Waals surface area contributed by atoms with Gasteiger partial charge >= 0.3 is 0 Å². The Morgan fingerprint density at radius 1 is 1.11 bits per heavy atom. The van der Waals surface area contributed by atoms with Crippen LogP contribution in [0.3, 0.4) is 0 Å². The fraction of sp³-hybridized carbons (Fsp3) is 0.400. The summed E-state index contributed by atoms with van der Waals surface area (Å²) in [7, 11) is 4.09. The highest BCUT2D eigenvalue weighted by atomic mass is 16.3. The van der Waals surface area contributed by atoms with E-state index in [9.17, 15) is 0 Å². The van der Waals surface area contributed by atoms with Crippen molar-refractivity contribution in [2.45, 2.75) is 0 Å². The number of piperazine rings is 1. The lowest BCUT2D eigenvalue weighted by molar-refractivity contribution is 0.188. The van der Waals surface area contributed by atoms with E-state index >= 15 is 0 Å². The van der Waals surface area contributed by atoms with Crippen molar-refractivity contribution in [3.05, 3.63) is 42.9 Å². The summed E-state index contributed by atoms with van der Waals surface area (Å²) in [4.78, 5) is 16.0. The van der Waals surface area contributed by atoms with Gasteiger partial charge in [-0.25, -0.2) is 9.97 Å². The first kappa shape index (κ1) is 17.8. The summed E-state index contributed by atoms with van der Waals surface area (Å²) in [6.45, 7) is 4.60.